The maximum Gasteiger partial charge on any atom is 0.352 e. The highest BCUT2D eigenvalue weighted by atomic mass is 35.5. The van der Waals surface area contributed by atoms with E-state index in [-0.39, 0.29) is 18.1 Å². The van der Waals surface area contributed by atoms with Crippen molar-refractivity contribution in [2.45, 2.75) is 39.2 Å². The Bertz CT molecular complexity index is 1340. The predicted molar refractivity (Wildman–Crippen MR) is 122 cm³/mol. The number of fused-ring (bicyclic) bond motifs is 5. The first-order valence-corrected chi connectivity index (χ1v) is 11.6. The third kappa shape index (κ3) is 3.85. The van der Waals surface area contributed by atoms with Gasteiger partial charge in [0.2, 0.25) is 5.91 Å². The molecule has 9 heteroatoms. The number of amides is 1. The lowest BCUT2D eigenvalue weighted by molar-refractivity contribution is -0.121. The molecule has 0 unspecified atom stereocenters. The Morgan fingerprint density at radius 3 is 2.94 bits per heavy atom. The molecular formula is C22H22ClN5O2S. The molecule has 1 atom stereocenters. The highest BCUT2D eigenvalue weighted by Crippen LogP contribution is 2.38. The normalized spacial score (nSPS) is 16.0. The first-order chi connectivity index (χ1) is 15.0. The molecule has 5 rings (SSSR count). The Morgan fingerprint density at radius 1 is 1.32 bits per heavy atom. The number of halogens is 1. The second-order valence-electron chi connectivity index (χ2n) is 8.14. The molecule has 1 aliphatic rings. The molecule has 3 heterocycles. The molecular weight excluding hydrogens is 434 g/mol. The van der Waals surface area contributed by atoms with E-state index in [1.807, 2.05) is 24.3 Å². The maximum absolute atomic E-state index is 12.8. The van der Waals surface area contributed by atoms with Crippen molar-refractivity contribution in [2.24, 2.45) is 5.92 Å². The molecule has 160 valence electrons. The van der Waals surface area contributed by atoms with Crippen molar-refractivity contribution in [3.05, 3.63) is 62.1 Å². The van der Waals surface area contributed by atoms with Crippen LogP contribution in [-0.4, -0.2) is 31.6 Å². The second kappa shape index (κ2) is 8.09. The fraction of sp³-hybridized carbons (Fsp3) is 0.364. The van der Waals surface area contributed by atoms with Gasteiger partial charge in [0, 0.05) is 16.4 Å². The quantitative estimate of drug-likeness (QED) is 0.501. The molecule has 1 aliphatic carbocycles. The average molecular weight is 456 g/mol. The van der Waals surface area contributed by atoms with Crippen molar-refractivity contribution in [2.75, 3.05) is 6.54 Å². The number of benzene rings is 1. The molecule has 0 bridgehead atoms. The van der Waals surface area contributed by atoms with Gasteiger partial charge in [0.15, 0.2) is 5.65 Å². The lowest BCUT2D eigenvalue weighted by Crippen LogP contribution is -2.33. The summed E-state index contributed by atoms with van der Waals surface area (Å²) in [6.45, 7) is 2.62. The van der Waals surface area contributed by atoms with Crippen molar-refractivity contribution in [1.82, 2.24) is 24.5 Å². The largest absolute Gasteiger partial charge is 0.354 e. The van der Waals surface area contributed by atoms with Crippen LogP contribution in [0.25, 0.3) is 15.9 Å². The molecule has 7 nitrogen and oxygen atoms in total. The number of nitrogens with one attached hydrogen (secondary N) is 1. The van der Waals surface area contributed by atoms with E-state index in [0.29, 0.717) is 29.6 Å². The zero-order valence-electron chi connectivity index (χ0n) is 17.1. The third-order valence-corrected chi connectivity index (χ3v) is 7.23. The molecule has 0 fully saturated rings. The summed E-state index contributed by atoms with van der Waals surface area (Å²) in [6.07, 6.45) is 5.36. The SMILES string of the molecule is C[C@@H]1CCc2c(sc3ncn4c(=O)n(CC(=O)NCCc5ccc(Cl)cc5)nc4c23)C1. The Hall–Kier alpha value is -2.71. The number of thiophene rings is 1. The van der Waals surface area contributed by atoms with Gasteiger partial charge in [-0.1, -0.05) is 30.7 Å². The summed E-state index contributed by atoms with van der Waals surface area (Å²) in [4.78, 5) is 32.0. The predicted octanol–water partition coefficient (Wildman–Crippen LogP) is 3.24. The van der Waals surface area contributed by atoms with Crippen LogP contribution < -0.4 is 11.0 Å². The summed E-state index contributed by atoms with van der Waals surface area (Å²) in [6, 6.07) is 7.52. The molecule has 1 N–H and O–H groups in total. The number of carbonyl (C=O) groups is 1. The number of rotatable bonds is 5. The Labute approximate surface area is 187 Å². The average Bonchev–Trinajstić information content (AvgIpc) is 3.26. The topological polar surface area (TPSA) is 81.3 Å². The van der Waals surface area contributed by atoms with Crippen LogP contribution in [-0.2, 0) is 30.6 Å². The molecule has 0 spiro atoms. The number of hydrogen-bond donors (Lipinski definition) is 1. The van der Waals surface area contributed by atoms with Crippen molar-refractivity contribution >= 4 is 44.7 Å². The van der Waals surface area contributed by atoms with Crippen LogP contribution in [0.1, 0.15) is 29.3 Å². The summed E-state index contributed by atoms with van der Waals surface area (Å²) >= 11 is 7.59. The van der Waals surface area contributed by atoms with E-state index < -0.39 is 0 Å². The number of aryl methyl sites for hydroxylation is 1. The van der Waals surface area contributed by atoms with Crippen LogP contribution in [0.5, 0.6) is 0 Å². The molecule has 4 aromatic rings. The van der Waals surface area contributed by atoms with Crippen LogP contribution in [0.2, 0.25) is 5.02 Å². The van der Waals surface area contributed by atoms with Gasteiger partial charge in [-0.15, -0.1) is 16.4 Å². The van der Waals surface area contributed by atoms with Crippen LogP contribution in [0.3, 0.4) is 0 Å². The molecule has 0 aliphatic heterocycles. The second-order valence-corrected chi connectivity index (χ2v) is 9.66. The van der Waals surface area contributed by atoms with Crippen LogP contribution in [0.15, 0.2) is 35.4 Å². The Balaban J connectivity index is 1.36. The lowest BCUT2D eigenvalue weighted by atomic mass is 9.89. The van der Waals surface area contributed by atoms with Crippen LogP contribution in [0, 0.1) is 5.92 Å². The number of carbonyl (C=O) groups excluding carboxylic acids is 1. The van der Waals surface area contributed by atoms with Crippen LogP contribution in [0.4, 0.5) is 0 Å². The fourth-order valence-electron chi connectivity index (χ4n) is 4.16. The van der Waals surface area contributed by atoms with Gasteiger partial charge in [0.1, 0.15) is 17.7 Å². The van der Waals surface area contributed by atoms with Gasteiger partial charge >= 0.3 is 5.69 Å². The minimum absolute atomic E-state index is 0.119. The zero-order valence-corrected chi connectivity index (χ0v) is 18.7. The number of hydrogen-bond acceptors (Lipinski definition) is 5. The summed E-state index contributed by atoms with van der Waals surface area (Å²) in [5, 5.41) is 9.02. The van der Waals surface area contributed by atoms with Gasteiger partial charge in [-0.05, 0) is 54.9 Å². The van der Waals surface area contributed by atoms with E-state index in [0.717, 1.165) is 35.0 Å². The van der Waals surface area contributed by atoms with Gasteiger partial charge in [0.05, 0.1) is 5.39 Å². The van der Waals surface area contributed by atoms with Crippen molar-refractivity contribution in [3.8, 4) is 0 Å². The van der Waals surface area contributed by atoms with Gasteiger partial charge in [-0.3, -0.25) is 4.79 Å². The molecule has 31 heavy (non-hydrogen) atoms. The van der Waals surface area contributed by atoms with E-state index in [1.54, 1.807) is 11.3 Å². The van der Waals surface area contributed by atoms with Crippen molar-refractivity contribution < 1.29 is 4.79 Å². The highest BCUT2D eigenvalue weighted by Gasteiger charge is 2.24. The first-order valence-electron chi connectivity index (χ1n) is 10.4. The van der Waals surface area contributed by atoms with Gasteiger partial charge in [-0.2, -0.15) is 0 Å². The number of nitrogens with zero attached hydrogens (tertiary/aromatic N) is 4. The summed E-state index contributed by atoms with van der Waals surface area (Å²) < 4.78 is 2.68. The maximum atomic E-state index is 12.8. The zero-order chi connectivity index (χ0) is 21.5. The molecule has 0 saturated carbocycles. The van der Waals surface area contributed by atoms with Gasteiger partial charge in [0.25, 0.3) is 0 Å². The fourth-order valence-corrected chi connectivity index (χ4v) is 5.63. The Morgan fingerprint density at radius 2 is 2.13 bits per heavy atom. The molecule has 0 radical (unpaired) electrons. The summed E-state index contributed by atoms with van der Waals surface area (Å²) in [5.74, 6) is 0.415. The van der Waals surface area contributed by atoms with E-state index in [1.165, 1.54) is 25.9 Å². The monoisotopic (exact) mass is 455 g/mol. The van der Waals surface area contributed by atoms with E-state index in [2.05, 4.69) is 22.3 Å². The highest BCUT2D eigenvalue weighted by molar-refractivity contribution is 7.19. The van der Waals surface area contributed by atoms with Gasteiger partial charge in [-0.25, -0.2) is 18.9 Å². The first kappa shape index (κ1) is 20.2. The molecule has 1 amide bonds. The van der Waals surface area contributed by atoms with Crippen LogP contribution >= 0.6 is 22.9 Å². The third-order valence-electron chi connectivity index (χ3n) is 5.82. The Kier molecular flexibility index (Phi) is 5.27. The van der Waals surface area contributed by atoms with Crippen molar-refractivity contribution in [1.29, 1.82) is 0 Å². The minimum atomic E-state index is -0.346. The standard InChI is InChI=1S/C22H22ClN5O2S/c1-13-2-7-16-17(10-13)31-21-19(16)20-26-28(22(30)27(20)12-25-21)11-18(29)24-9-8-14-3-5-15(23)6-4-14/h3-6,12-13H,2,7-11H2,1H3,(H,24,29)/t13-/m1/s1. The lowest BCUT2D eigenvalue weighted by Gasteiger charge is -2.17. The van der Waals surface area contributed by atoms with Crippen molar-refractivity contribution in [3.63, 3.8) is 0 Å². The minimum Gasteiger partial charge on any atom is -0.354 e. The summed E-state index contributed by atoms with van der Waals surface area (Å²) in [5.41, 5.74) is 2.60. The van der Waals surface area contributed by atoms with E-state index in [9.17, 15) is 9.59 Å². The van der Waals surface area contributed by atoms with E-state index >= 15 is 0 Å². The smallest absolute Gasteiger partial charge is 0.352 e. The molecule has 3 aromatic heterocycles. The van der Waals surface area contributed by atoms with Gasteiger partial charge < -0.3 is 5.32 Å². The van der Waals surface area contributed by atoms with E-state index in [4.69, 9.17) is 11.6 Å². The summed E-state index contributed by atoms with van der Waals surface area (Å²) in [7, 11) is 0. The number of aromatic nitrogens is 4. The molecule has 1 aromatic carbocycles. The molecule has 0 saturated heterocycles.